The third-order valence-electron chi connectivity index (χ3n) is 6.87. The van der Waals surface area contributed by atoms with Crippen LogP contribution in [0.5, 0.6) is 0 Å². The third kappa shape index (κ3) is 30.3. The first-order valence-corrected chi connectivity index (χ1v) is 17.9. The standard InChI is InChI=1S/C32H58NO11P/c1-5-6-7-8-9-10-11-12-13-14-15-16-17-20-31(37)41-26-29(27-43-45(39,40)42-25-24-33(2,3)4)44-32(38)21-18-19-28(34)22-23-30(35)36/h22-23,29H,5-21,24-27H2,1-4H3,(H-,35,36,39,40)/p+1/b23-22+/t29-/m1/s1. The molecule has 1 unspecified atom stereocenters. The monoisotopic (exact) mass is 664 g/mol. The molecule has 12 nitrogen and oxygen atoms in total. The molecule has 2 atom stereocenters. The number of aliphatic carboxylic acids is 1. The Morgan fingerprint density at radius 2 is 1.24 bits per heavy atom. The number of phosphoric acid groups is 1. The molecule has 0 amide bonds. The maximum absolute atomic E-state index is 12.4. The number of carbonyl (C=O) groups is 4. The Labute approximate surface area is 270 Å². The summed E-state index contributed by atoms with van der Waals surface area (Å²) in [5.74, 6) is -2.91. The lowest BCUT2D eigenvalue weighted by molar-refractivity contribution is -0.870. The van der Waals surface area contributed by atoms with Crippen molar-refractivity contribution in [1.82, 2.24) is 0 Å². The van der Waals surface area contributed by atoms with Crippen molar-refractivity contribution in [2.24, 2.45) is 0 Å². The highest BCUT2D eigenvalue weighted by atomic mass is 31.2. The number of hydrogen-bond donors (Lipinski definition) is 2. The minimum absolute atomic E-state index is 0.0415. The molecule has 0 bridgehead atoms. The van der Waals surface area contributed by atoms with Gasteiger partial charge in [0.25, 0.3) is 0 Å². The molecule has 0 aromatic heterocycles. The fourth-order valence-corrected chi connectivity index (χ4v) is 4.95. The zero-order valence-corrected chi connectivity index (χ0v) is 28.9. The van der Waals surface area contributed by atoms with Crippen LogP contribution >= 0.6 is 7.82 Å². The van der Waals surface area contributed by atoms with E-state index in [9.17, 15) is 28.6 Å². The van der Waals surface area contributed by atoms with Crippen LogP contribution in [0.2, 0.25) is 0 Å². The fraction of sp³-hybridized carbons (Fsp3) is 0.812. The van der Waals surface area contributed by atoms with Crippen LogP contribution in [0.15, 0.2) is 12.2 Å². The van der Waals surface area contributed by atoms with E-state index in [-0.39, 0.29) is 38.9 Å². The summed E-state index contributed by atoms with van der Waals surface area (Å²) in [6, 6.07) is 0. The summed E-state index contributed by atoms with van der Waals surface area (Å²) in [7, 11) is 1.22. The molecule has 0 radical (unpaired) electrons. The van der Waals surface area contributed by atoms with E-state index in [1.165, 1.54) is 57.8 Å². The van der Waals surface area contributed by atoms with Crippen LogP contribution in [0.1, 0.15) is 116 Å². The lowest BCUT2D eigenvalue weighted by Gasteiger charge is -2.24. The first kappa shape index (κ1) is 42.9. The Bertz CT molecular complexity index is 917. The van der Waals surface area contributed by atoms with Crippen LogP contribution in [0, 0.1) is 0 Å². The van der Waals surface area contributed by atoms with Crippen molar-refractivity contribution in [2.75, 3.05) is 47.5 Å². The Hall–Kier alpha value is -2.11. The second kappa shape index (κ2) is 26.0. The summed E-state index contributed by atoms with van der Waals surface area (Å²) in [5, 5.41) is 8.59. The van der Waals surface area contributed by atoms with E-state index in [1.807, 2.05) is 21.1 Å². The van der Waals surface area contributed by atoms with E-state index in [0.29, 0.717) is 17.4 Å². The van der Waals surface area contributed by atoms with E-state index in [1.54, 1.807) is 0 Å². The maximum Gasteiger partial charge on any atom is 0.472 e. The second-order valence-electron chi connectivity index (χ2n) is 12.4. The molecular weight excluding hydrogens is 605 g/mol. The molecule has 0 aliphatic carbocycles. The van der Waals surface area contributed by atoms with Gasteiger partial charge in [-0.2, -0.15) is 0 Å². The van der Waals surface area contributed by atoms with Crippen molar-refractivity contribution in [3.8, 4) is 0 Å². The van der Waals surface area contributed by atoms with Crippen LogP contribution in [-0.2, 0) is 42.3 Å². The largest absolute Gasteiger partial charge is 0.478 e. The number of quaternary nitrogens is 1. The van der Waals surface area contributed by atoms with Gasteiger partial charge < -0.3 is 24.0 Å². The minimum Gasteiger partial charge on any atom is -0.478 e. The lowest BCUT2D eigenvalue weighted by atomic mass is 10.0. The molecule has 0 saturated carbocycles. The molecule has 0 aromatic carbocycles. The van der Waals surface area contributed by atoms with Crippen molar-refractivity contribution < 1.29 is 56.7 Å². The number of phosphoric ester groups is 1. The third-order valence-corrected chi connectivity index (χ3v) is 7.85. The zero-order valence-electron chi connectivity index (χ0n) is 28.0. The number of ether oxygens (including phenoxy) is 2. The summed E-state index contributed by atoms with van der Waals surface area (Å²) >= 11 is 0. The van der Waals surface area contributed by atoms with Gasteiger partial charge in [-0.3, -0.25) is 23.4 Å². The predicted octanol–water partition coefficient (Wildman–Crippen LogP) is 6.14. The van der Waals surface area contributed by atoms with Crippen molar-refractivity contribution >= 4 is 31.5 Å². The lowest BCUT2D eigenvalue weighted by Crippen LogP contribution is -2.37. The highest BCUT2D eigenvalue weighted by Crippen LogP contribution is 2.43. The molecule has 0 aromatic rings. The average Bonchev–Trinajstić information content (AvgIpc) is 2.95. The van der Waals surface area contributed by atoms with Gasteiger partial charge in [-0.25, -0.2) is 9.36 Å². The Morgan fingerprint density at radius 1 is 0.711 bits per heavy atom. The molecule has 0 aliphatic heterocycles. The molecule has 0 heterocycles. The van der Waals surface area contributed by atoms with Gasteiger partial charge in [0.1, 0.15) is 19.8 Å². The Kier molecular flexibility index (Phi) is 24.8. The SMILES string of the molecule is CCCCCCCCCCCCCCCC(=O)OC[C@H](COP(=O)(O)OCC[N+](C)(C)C)OC(=O)CCCC(=O)/C=C/C(=O)O. The molecule has 0 aliphatic rings. The summed E-state index contributed by atoms with van der Waals surface area (Å²) in [6.45, 7) is 1.72. The molecule has 0 fully saturated rings. The van der Waals surface area contributed by atoms with Gasteiger partial charge in [-0.05, 0) is 18.9 Å². The average molecular weight is 665 g/mol. The van der Waals surface area contributed by atoms with Gasteiger partial charge in [0, 0.05) is 25.3 Å². The summed E-state index contributed by atoms with van der Waals surface area (Å²) < 4.78 is 33.4. The Morgan fingerprint density at radius 3 is 1.78 bits per heavy atom. The van der Waals surface area contributed by atoms with Crippen molar-refractivity contribution in [3.05, 3.63) is 12.2 Å². The van der Waals surface area contributed by atoms with Gasteiger partial charge >= 0.3 is 25.7 Å². The van der Waals surface area contributed by atoms with Gasteiger partial charge in [0.15, 0.2) is 11.9 Å². The second-order valence-corrected chi connectivity index (χ2v) is 13.8. The normalized spacial score (nSPS) is 13.8. The number of carboxylic acid groups (broad SMARTS) is 1. The fourth-order valence-electron chi connectivity index (χ4n) is 4.21. The van der Waals surface area contributed by atoms with Crippen molar-refractivity contribution in [3.63, 3.8) is 0 Å². The van der Waals surface area contributed by atoms with Crippen molar-refractivity contribution in [1.29, 1.82) is 0 Å². The molecule has 45 heavy (non-hydrogen) atoms. The number of unbranched alkanes of at least 4 members (excludes halogenated alkanes) is 12. The highest BCUT2D eigenvalue weighted by molar-refractivity contribution is 7.47. The van der Waals surface area contributed by atoms with Gasteiger partial charge in [-0.1, -0.05) is 84.0 Å². The molecule has 2 N–H and O–H groups in total. The molecular formula is C32H59NO11P+. The van der Waals surface area contributed by atoms with E-state index in [2.05, 4.69) is 6.92 Å². The van der Waals surface area contributed by atoms with E-state index >= 15 is 0 Å². The van der Waals surface area contributed by atoms with E-state index in [0.717, 1.165) is 31.4 Å². The molecule has 13 heteroatoms. The number of hydrogen-bond acceptors (Lipinski definition) is 9. The topological polar surface area (TPSA) is 163 Å². The maximum atomic E-state index is 12.4. The summed E-state index contributed by atoms with van der Waals surface area (Å²) in [5.41, 5.74) is 0. The number of nitrogens with zero attached hydrogens (tertiary/aromatic N) is 1. The number of likely N-dealkylation sites (N-methyl/N-ethyl adjacent to an activating group) is 1. The predicted molar refractivity (Wildman–Crippen MR) is 171 cm³/mol. The van der Waals surface area contributed by atoms with Crippen LogP contribution in [0.4, 0.5) is 0 Å². The van der Waals surface area contributed by atoms with Gasteiger partial charge in [0.05, 0.1) is 27.7 Å². The van der Waals surface area contributed by atoms with Crippen LogP contribution in [-0.4, -0.2) is 91.8 Å². The number of carbonyl (C=O) groups excluding carboxylic acids is 3. The number of rotatable bonds is 30. The summed E-state index contributed by atoms with van der Waals surface area (Å²) in [4.78, 5) is 56.9. The molecule has 0 saturated heterocycles. The van der Waals surface area contributed by atoms with Crippen molar-refractivity contribution in [2.45, 2.75) is 122 Å². The molecule has 0 rings (SSSR count). The van der Waals surface area contributed by atoms with Crippen LogP contribution in [0.25, 0.3) is 0 Å². The smallest absolute Gasteiger partial charge is 0.472 e. The quantitative estimate of drug-likeness (QED) is 0.0298. The Balaban J connectivity index is 4.53. The van der Waals surface area contributed by atoms with E-state index < -0.39 is 44.2 Å². The van der Waals surface area contributed by atoms with Gasteiger partial charge in [0.2, 0.25) is 0 Å². The highest BCUT2D eigenvalue weighted by Gasteiger charge is 2.27. The first-order valence-electron chi connectivity index (χ1n) is 16.5. The van der Waals surface area contributed by atoms with Crippen LogP contribution < -0.4 is 0 Å². The number of carboxylic acids is 1. The summed E-state index contributed by atoms with van der Waals surface area (Å²) in [6.07, 6.45) is 15.9. The number of ketones is 1. The first-order chi connectivity index (χ1) is 21.2. The molecule has 0 spiro atoms. The number of allylic oxidation sites excluding steroid dienone is 1. The van der Waals surface area contributed by atoms with Gasteiger partial charge in [-0.15, -0.1) is 0 Å². The molecule has 262 valence electrons. The minimum atomic E-state index is -4.46. The zero-order chi connectivity index (χ0) is 34.0. The number of esters is 2. The van der Waals surface area contributed by atoms with Crippen LogP contribution in [0.3, 0.4) is 0 Å². The van der Waals surface area contributed by atoms with E-state index in [4.69, 9.17) is 23.6 Å².